The smallest absolute Gasteiger partial charge is 0.161 e. The molecule has 21 heavy (non-hydrogen) atoms. The van der Waals surface area contributed by atoms with E-state index in [1.54, 1.807) is 13.3 Å². The largest absolute Gasteiger partial charge is 0.493 e. The van der Waals surface area contributed by atoms with Gasteiger partial charge in [-0.2, -0.15) is 5.10 Å². The van der Waals surface area contributed by atoms with Crippen LogP contribution in [-0.4, -0.2) is 37.5 Å². The number of aromatic nitrogens is 2. The number of hydrogen-bond acceptors (Lipinski definition) is 4. The van der Waals surface area contributed by atoms with E-state index in [0.29, 0.717) is 0 Å². The van der Waals surface area contributed by atoms with Crippen LogP contribution in [0.15, 0.2) is 30.5 Å². The van der Waals surface area contributed by atoms with Crippen LogP contribution in [0.3, 0.4) is 0 Å². The Morgan fingerprint density at radius 3 is 2.76 bits per heavy atom. The molecule has 1 atom stereocenters. The molecule has 5 heteroatoms. The molecule has 0 fully saturated rings. The Morgan fingerprint density at radius 2 is 2.14 bits per heavy atom. The van der Waals surface area contributed by atoms with Gasteiger partial charge in [0.1, 0.15) is 5.69 Å². The Hall–Kier alpha value is -2.01. The van der Waals surface area contributed by atoms with Gasteiger partial charge in [-0.3, -0.25) is 4.68 Å². The van der Waals surface area contributed by atoms with Crippen LogP contribution in [-0.2, 0) is 7.05 Å². The van der Waals surface area contributed by atoms with E-state index in [4.69, 9.17) is 4.74 Å². The quantitative estimate of drug-likeness (QED) is 0.885. The fourth-order valence-corrected chi connectivity index (χ4v) is 2.47. The summed E-state index contributed by atoms with van der Waals surface area (Å²) in [5.74, 6) is 0.804. The van der Waals surface area contributed by atoms with Crippen molar-refractivity contribution < 1.29 is 4.74 Å². The van der Waals surface area contributed by atoms with Crippen molar-refractivity contribution in [3.05, 3.63) is 41.7 Å². The second kappa shape index (κ2) is 6.63. The van der Waals surface area contributed by atoms with Gasteiger partial charge < -0.3 is 15.0 Å². The molecule has 5 nitrogen and oxygen atoms in total. The maximum absolute atomic E-state index is 5.46. The second-order valence-electron chi connectivity index (χ2n) is 5.20. The monoisotopic (exact) mass is 288 g/mol. The van der Waals surface area contributed by atoms with E-state index in [2.05, 4.69) is 46.5 Å². The van der Waals surface area contributed by atoms with Crippen LogP contribution in [0.5, 0.6) is 5.75 Å². The van der Waals surface area contributed by atoms with E-state index in [-0.39, 0.29) is 6.04 Å². The van der Waals surface area contributed by atoms with Gasteiger partial charge in [-0.25, -0.2) is 0 Å². The number of hydrogen-bond donors (Lipinski definition) is 1. The lowest BCUT2D eigenvalue weighted by Gasteiger charge is -2.22. The van der Waals surface area contributed by atoms with Gasteiger partial charge in [0.25, 0.3) is 0 Å². The number of aryl methyl sites for hydroxylation is 1. The zero-order chi connectivity index (χ0) is 15.4. The summed E-state index contributed by atoms with van der Waals surface area (Å²) in [6.45, 7) is 2.97. The van der Waals surface area contributed by atoms with Crippen LogP contribution in [0.4, 0.5) is 5.69 Å². The SMILES string of the molecule is CCNC(c1cccc(N(C)C)c1)c1c(OC)cnn1C. The Morgan fingerprint density at radius 1 is 1.38 bits per heavy atom. The van der Waals surface area contributed by atoms with Gasteiger partial charge in [0.05, 0.1) is 19.3 Å². The van der Waals surface area contributed by atoms with E-state index in [9.17, 15) is 0 Å². The third kappa shape index (κ3) is 3.19. The summed E-state index contributed by atoms with van der Waals surface area (Å²) >= 11 is 0. The third-order valence-corrected chi connectivity index (χ3v) is 3.57. The molecule has 1 aromatic carbocycles. The van der Waals surface area contributed by atoms with Gasteiger partial charge in [-0.05, 0) is 24.2 Å². The molecule has 0 saturated carbocycles. The Kier molecular flexibility index (Phi) is 4.85. The van der Waals surface area contributed by atoms with Crippen LogP contribution in [0.25, 0.3) is 0 Å². The Balaban J connectivity index is 2.48. The van der Waals surface area contributed by atoms with E-state index >= 15 is 0 Å². The number of rotatable bonds is 6. The van der Waals surface area contributed by atoms with Crippen LogP contribution < -0.4 is 15.0 Å². The molecule has 2 rings (SSSR count). The standard InChI is InChI=1S/C16H24N4O/c1-6-17-15(16-14(21-5)11-18-20(16)4)12-8-7-9-13(10-12)19(2)3/h7-11,15,17H,6H2,1-5H3. The highest BCUT2D eigenvalue weighted by atomic mass is 16.5. The van der Waals surface area contributed by atoms with E-state index in [1.165, 1.54) is 11.3 Å². The van der Waals surface area contributed by atoms with Crippen LogP contribution in [0.2, 0.25) is 0 Å². The second-order valence-corrected chi connectivity index (χ2v) is 5.20. The summed E-state index contributed by atoms with van der Waals surface area (Å²) in [6.07, 6.45) is 1.76. The molecule has 1 N–H and O–H groups in total. The molecular formula is C16H24N4O. The predicted molar refractivity (Wildman–Crippen MR) is 86.0 cm³/mol. The van der Waals surface area contributed by atoms with Gasteiger partial charge in [0.15, 0.2) is 5.75 Å². The first-order valence-corrected chi connectivity index (χ1v) is 7.15. The topological polar surface area (TPSA) is 42.3 Å². The number of ether oxygens (including phenoxy) is 1. The van der Waals surface area contributed by atoms with E-state index < -0.39 is 0 Å². The highest BCUT2D eigenvalue weighted by molar-refractivity contribution is 5.49. The lowest BCUT2D eigenvalue weighted by molar-refractivity contribution is 0.401. The number of benzene rings is 1. The Labute approximate surface area is 126 Å². The van der Waals surface area contributed by atoms with Gasteiger partial charge in [0, 0.05) is 26.8 Å². The lowest BCUT2D eigenvalue weighted by atomic mass is 10.0. The van der Waals surface area contributed by atoms with Crippen molar-refractivity contribution in [2.75, 3.05) is 32.6 Å². The number of nitrogens with one attached hydrogen (secondary N) is 1. The molecule has 2 aromatic rings. The summed E-state index contributed by atoms with van der Waals surface area (Å²) in [5.41, 5.74) is 3.41. The maximum Gasteiger partial charge on any atom is 0.161 e. The third-order valence-electron chi connectivity index (χ3n) is 3.57. The average molecular weight is 288 g/mol. The first-order valence-electron chi connectivity index (χ1n) is 7.15. The fourth-order valence-electron chi connectivity index (χ4n) is 2.47. The molecule has 0 bridgehead atoms. The molecule has 0 aliphatic carbocycles. The molecule has 0 spiro atoms. The van der Waals surface area contributed by atoms with Crippen LogP contribution in [0.1, 0.15) is 24.2 Å². The van der Waals surface area contributed by atoms with Crippen molar-refractivity contribution in [1.29, 1.82) is 0 Å². The summed E-state index contributed by atoms with van der Waals surface area (Å²) < 4.78 is 7.33. The summed E-state index contributed by atoms with van der Waals surface area (Å²) in [5, 5.41) is 7.84. The van der Waals surface area contributed by atoms with Crippen molar-refractivity contribution in [3.63, 3.8) is 0 Å². The first-order chi connectivity index (χ1) is 10.1. The fraction of sp³-hybridized carbons (Fsp3) is 0.438. The van der Waals surface area contributed by atoms with Gasteiger partial charge in [0.2, 0.25) is 0 Å². The van der Waals surface area contributed by atoms with Crippen molar-refractivity contribution in [1.82, 2.24) is 15.1 Å². The highest BCUT2D eigenvalue weighted by Gasteiger charge is 2.22. The Bertz CT molecular complexity index is 592. The zero-order valence-corrected chi connectivity index (χ0v) is 13.4. The average Bonchev–Trinajstić information content (AvgIpc) is 2.85. The van der Waals surface area contributed by atoms with E-state index in [1.807, 2.05) is 25.8 Å². The molecule has 1 heterocycles. The molecule has 1 aromatic heterocycles. The molecule has 0 amide bonds. The van der Waals surface area contributed by atoms with Gasteiger partial charge >= 0.3 is 0 Å². The zero-order valence-electron chi connectivity index (χ0n) is 13.4. The number of methoxy groups -OCH3 is 1. The van der Waals surface area contributed by atoms with Crippen LogP contribution in [0, 0.1) is 0 Å². The normalized spacial score (nSPS) is 12.2. The maximum atomic E-state index is 5.46. The minimum absolute atomic E-state index is 0.0531. The summed E-state index contributed by atoms with van der Waals surface area (Å²) in [6, 6.07) is 8.56. The molecule has 114 valence electrons. The van der Waals surface area contributed by atoms with Gasteiger partial charge in [-0.1, -0.05) is 19.1 Å². The minimum atomic E-state index is 0.0531. The lowest BCUT2D eigenvalue weighted by Crippen LogP contribution is -2.25. The van der Waals surface area contributed by atoms with Crippen molar-refractivity contribution in [2.24, 2.45) is 7.05 Å². The highest BCUT2D eigenvalue weighted by Crippen LogP contribution is 2.30. The molecule has 0 saturated heterocycles. The summed E-state index contributed by atoms with van der Waals surface area (Å²) in [4.78, 5) is 2.10. The van der Waals surface area contributed by atoms with Crippen molar-refractivity contribution >= 4 is 5.69 Å². The molecule has 0 radical (unpaired) electrons. The van der Waals surface area contributed by atoms with E-state index in [0.717, 1.165) is 18.0 Å². The first kappa shape index (κ1) is 15.4. The minimum Gasteiger partial charge on any atom is -0.493 e. The van der Waals surface area contributed by atoms with Crippen LogP contribution >= 0.6 is 0 Å². The van der Waals surface area contributed by atoms with Crippen molar-refractivity contribution in [2.45, 2.75) is 13.0 Å². The van der Waals surface area contributed by atoms with Crippen molar-refractivity contribution in [3.8, 4) is 5.75 Å². The number of anilines is 1. The van der Waals surface area contributed by atoms with Gasteiger partial charge in [-0.15, -0.1) is 0 Å². The molecule has 0 aliphatic rings. The molecule has 0 aliphatic heterocycles. The molecule has 1 unspecified atom stereocenters. The number of nitrogens with zero attached hydrogens (tertiary/aromatic N) is 3. The molecular weight excluding hydrogens is 264 g/mol. The predicted octanol–water partition coefficient (Wildman–Crippen LogP) is 2.19. The summed E-state index contributed by atoms with van der Waals surface area (Å²) in [7, 11) is 7.72.